The summed E-state index contributed by atoms with van der Waals surface area (Å²) in [5, 5.41) is 0. The Morgan fingerprint density at radius 2 is 1.96 bits per heavy atom. The van der Waals surface area contributed by atoms with Gasteiger partial charge in [-0.3, -0.25) is 4.79 Å². The topological polar surface area (TPSA) is 55.8 Å². The van der Waals surface area contributed by atoms with Crippen molar-refractivity contribution in [1.82, 2.24) is 0 Å². The summed E-state index contributed by atoms with van der Waals surface area (Å²) >= 11 is 0. The van der Waals surface area contributed by atoms with Crippen LogP contribution in [0.2, 0.25) is 0 Å². The van der Waals surface area contributed by atoms with Crippen LogP contribution < -0.4 is 9.64 Å². The molecule has 0 saturated heterocycles. The number of fused-ring (bicyclic) bond motifs is 1. The summed E-state index contributed by atoms with van der Waals surface area (Å²) in [7, 11) is 0. The third-order valence-electron chi connectivity index (χ3n) is 4.47. The van der Waals surface area contributed by atoms with Gasteiger partial charge in [-0.1, -0.05) is 25.1 Å². The summed E-state index contributed by atoms with van der Waals surface area (Å²) in [6.45, 7) is 8.22. The summed E-state index contributed by atoms with van der Waals surface area (Å²) in [5.74, 6) is 0.229. The normalized spacial score (nSPS) is 15.1. The van der Waals surface area contributed by atoms with Crippen LogP contribution in [0.25, 0.3) is 0 Å². The standard InChI is InChI=1S/C22H25NO4/c1-5-11-26-20(24)17-8-6-7-16(13-17)14-23-18-12-15(2)9-10-19(18)27-22(3,4)21(23)25/h6-10,12-13H,5,11,14H2,1-4H3. The summed E-state index contributed by atoms with van der Waals surface area (Å²) < 4.78 is 11.1. The van der Waals surface area contributed by atoms with E-state index in [0.29, 0.717) is 24.5 Å². The lowest BCUT2D eigenvalue weighted by Gasteiger charge is -2.39. The average Bonchev–Trinajstić information content (AvgIpc) is 2.64. The molecule has 1 aliphatic heterocycles. The molecule has 0 atom stereocenters. The number of hydrogen-bond donors (Lipinski definition) is 0. The van der Waals surface area contributed by atoms with Crippen molar-refractivity contribution in [1.29, 1.82) is 0 Å². The van der Waals surface area contributed by atoms with Crippen molar-refractivity contribution in [3.8, 4) is 5.75 Å². The molecule has 0 aromatic heterocycles. The molecule has 2 aromatic carbocycles. The van der Waals surface area contributed by atoms with E-state index in [0.717, 1.165) is 23.2 Å². The first-order chi connectivity index (χ1) is 12.8. The Hall–Kier alpha value is -2.82. The molecule has 0 radical (unpaired) electrons. The van der Waals surface area contributed by atoms with Gasteiger partial charge in [0.2, 0.25) is 0 Å². The predicted octanol–water partition coefficient (Wildman–Crippen LogP) is 4.27. The van der Waals surface area contributed by atoms with Gasteiger partial charge >= 0.3 is 5.97 Å². The zero-order valence-electron chi connectivity index (χ0n) is 16.2. The molecule has 1 heterocycles. The van der Waals surface area contributed by atoms with Crippen LogP contribution in [0.3, 0.4) is 0 Å². The van der Waals surface area contributed by atoms with Crippen molar-refractivity contribution in [3.05, 3.63) is 59.2 Å². The lowest BCUT2D eigenvalue weighted by atomic mass is 10.0. The van der Waals surface area contributed by atoms with E-state index in [-0.39, 0.29) is 11.9 Å². The number of esters is 1. The molecular formula is C22H25NO4. The lowest BCUT2D eigenvalue weighted by molar-refractivity contribution is -0.132. The van der Waals surface area contributed by atoms with E-state index in [9.17, 15) is 9.59 Å². The predicted molar refractivity (Wildman–Crippen MR) is 104 cm³/mol. The highest BCUT2D eigenvalue weighted by molar-refractivity contribution is 6.02. The van der Waals surface area contributed by atoms with Gasteiger partial charge in [0, 0.05) is 0 Å². The fourth-order valence-corrected chi connectivity index (χ4v) is 3.09. The third kappa shape index (κ3) is 3.97. The Kier molecular flexibility index (Phi) is 5.22. The first kappa shape index (κ1) is 19.0. The first-order valence-corrected chi connectivity index (χ1v) is 9.19. The molecule has 0 N–H and O–H groups in total. The Morgan fingerprint density at radius 1 is 1.19 bits per heavy atom. The molecule has 0 fully saturated rings. The van der Waals surface area contributed by atoms with Crippen molar-refractivity contribution >= 4 is 17.6 Å². The highest BCUT2D eigenvalue weighted by Gasteiger charge is 2.40. The second kappa shape index (κ2) is 7.43. The molecule has 0 aliphatic carbocycles. The molecule has 5 heteroatoms. The van der Waals surface area contributed by atoms with E-state index in [1.165, 1.54) is 0 Å². The third-order valence-corrected chi connectivity index (χ3v) is 4.47. The molecule has 5 nitrogen and oxygen atoms in total. The zero-order chi connectivity index (χ0) is 19.6. The number of rotatable bonds is 5. The molecule has 0 bridgehead atoms. The Labute approximate surface area is 159 Å². The van der Waals surface area contributed by atoms with Gasteiger partial charge in [0.15, 0.2) is 5.60 Å². The number of nitrogens with zero attached hydrogens (tertiary/aromatic N) is 1. The van der Waals surface area contributed by atoms with Gasteiger partial charge in [0.25, 0.3) is 5.91 Å². The highest BCUT2D eigenvalue weighted by Crippen LogP contribution is 2.39. The van der Waals surface area contributed by atoms with Crippen molar-refractivity contribution in [2.75, 3.05) is 11.5 Å². The van der Waals surface area contributed by atoms with Crippen LogP contribution in [0, 0.1) is 6.92 Å². The Morgan fingerprint density at radius 3 is 2.70 bits per heavy atom. The Balaban J connectivity index is 1.92. The molecular weight excluding hydrogens is 342 g/mol. The molecule has 1 aliphatic rings. The molecule has 3 rings (SSSR count). The van der Waals surface area contributed by atoms with Gasteiger partial charge in [0.05, 0.1) is 24.4 Å². The maximum atomic E-state index is 13.0. The summed E-state index contributed by atoms with van der Waals surface area (Å²) in [5.41, 5.74) is 2.20. The summed E-state index contributed by atoms with van der Waals surface area (Å²) in [6, 6.07) is 13.0. The number of carbonyl (C=O) groups is 2. The van der Waals surface area contributed by atoms with Gasteiger partial charge in [-0.15, -0.1) is 0 Å². The molecule has 2 aromatic rings. The van der Waals surface area contributed by atoms with Crippen LogP contribution in [-0.2, 0) is 16.1 Å². The number of ether oxygens (including phenoxy) is 2. The maximum absolute atomic E-state index is 13.0. The molecule has 142 valence electrons. The van der Waals surface area contributed by atoms with Crippen LogP contribution in [0.5, 0.6) is 5.75 Å². The summed E-state index contributed by atoms with van der Waals surface area (Å²) in [4.78, 5) is 26.9. The SMILES string of the molecule is CCCOC(=O)c1cccc(CN2C(=O)C(C)(C)Oc3ccc(C)cc32)c1. The number of amides is 1. The second-order valence-corrected chi connectivity index (χ2v) is 7.31. The summed E-state index contributed by atoms with van der Waals surface area (Å²) in [6.07, 6.45) is 0.777. The largest absolute Gasteiger partial charge is 0.476 e. The molecule has 0 spiro atoms. The van der Waals surface area contributed by atoms with Crippen LogP contribution in [-0.4, -0.2) is 24.1 Å². The minimum atomic E-state index is -0.945. The smallest absolute Gasteiger partial charge is 0.338 e. The second-order valence-electron chi connectivity index (χ2n) is 7.31. The fourth-order valence-electron chi connectivity index (χ4n) is 3.09. The van der Waals surface area contributed by atoms with E-state index in [1.807, 2.05) is 44.2 Å². The molecule has 0 unspecified atom stereocenters. The van der Waals surface area contributed by atoms with Crippen molar-refractivity contribution < 1.29 is 19.1 Å². The molecule has 1 amide bonds. The van der Waals surface area contributed by atoms with Gasteiger partial charge in [-0.25, -0.2) is 4.79 Å². The number of hydrogen-bond acceptors (Lipinski definition) is 4. The van der Waals surface area contributed by atoms with Crippen LogP contribution in [0.1, 0.15) is 48.7 Å². The first-order valence-electron chi connectivity index (χ1n) is 9.19. The van der Waals surface area contributed by atoms with E-state index in [1.54, 1.807) is 30.9 Å². The van der Waals surface area contributed by atoms with Crippen molar-refractivity contribution in [2.45, 2.75) is 46.3 Å². The van der Waals surface area contributed by atoms with E-state index >= 15 is 0 Å². The van der Waals surface area contributed by atoms with E-state index in [2.05, 4.69) is 0 Å². The minimum Gasteiger partial charge on any atom is -0.476 e. The molecule has 0 saturated carbocycles. The van der Waals surface area contributed by atoms with Crippen molar-refractivity contribution in [2.24, 2.45) is 0 Å². The van der Waals surface area contributed by atoms with Gasteiger partial charge in [-0.05, 0) is 62.6 Å². The van der Waals surface area contributed by atoms with Crippen LogP contribution in [0.15, 0.2) is 42.5 Å². The minimum absolute atomic E-state index is 0.112. The Bertz CT molecular complexity index is 872. The number of aryl methyl sites for hydroxylation is 1. The van der Waals surface area contributed by atoms with Crippen molar-refractivity contribution in [3.63, 3.8) is 0 Å². The highest BCUT2D eigenvalue weighted by atomic mass is 16.5. The maximum Gasteiger partial charge on any atom is 0.338 e. The lowest BCUT2D eigenvalue weighted by Crippen LogP contribution is -2.52. The molecule has 27 heavy (non-hydrogen) atoms. The monoisotopic (exact) mass is 367 g/mol. The number of benzene rings is 2. The number of carbonyl (C=O) groups excluding carboxylic acids is 2. The number of anilines is 1. The van der Waals surface area contributed by atoms with Gasteiger partial charge in [0.1, 0.15) is 5.75 Å². The fraction of sp³-hybridized carbons (Fsp3) is 0.364. The van der Waals surface area contributed by atoms with Crippen LogP contribution in [0.4, 0.5) is 5.69 Å². The van der Waals surface area contributed by atoms with Crippen LogP contribution >= 0.6 is 0 Å². The van der Waals surface area contributed by atoms with E-state index in [4.69, 9.17) is 9.47 Å². The van der Waals surface area contributed by atoms with Gasteiger partial charge in [-0.2, -0.15) is 0 Å². The quantitative estimate of drug-likeness (QED) is 0.741. The van der Waals surface area contributed by atoms with Gasteiger partial charge < -0.3 is 14.4 Å². The van der Waals surface area contributed by atoms with E-state index < -0.39 is 5.60 Å². The average molecular weight is 367 g/mol. The zero-order valence-corrected chi connectivity index (χ0v) is 16.2.